The standard InChI is InChI=1S/C18H18N2O2.Na/c1-3-11(2)20-17-9-13-8-12(18(21)22)4-5-14(13)16-10-19-7-6-15(16)17;/h4-11,20H,3H2,1-2H3,(H,21,22);/q;+1/p-1/t11-;/m1./s1. The predicted molar refractivity (Wildman–Crippen MR) is 87.0 cm³/mol. The summed E-state index contributed by atoms with van der Waals surface area (Å²) in [4.78, 5) is 15.3. The Bertz CT molecular complexity index is 864. The third-order valence-corrected chi connectivity index (χ3v) is 4.00. The molecule has 0 radical (unpaired) electrons. The van der Waals surface area contributed by atoms with Gasteiger partial charge < -0.3 is 15.2 Å². The van der Waals surface area contributed by atoms with Crippen LogP contribution in [0.2, 0.25) is 0 Å². The number of carbonyl (C=O) groups excluding carboxylic acids is 1. The molecule has 0 saturated heterocycles. The van der Waals surface area contributed by atoms with Gasteiger partial charge in [-0.15, -0.1) is 0 Å². The van der Waals surface area contributed by atoms with Gasteiger partial charge in [0.15, 0.2) is 0 Å². The van der Waals surface area contributed by atoms with E-state index in [-0.39, 0.29) is 35.1 Å². The van der Waals surface area contributed by atoms with E-state index in [1.54, 1.807) is 18.3 Å². The zero-order valence-corrected chi connectivity index (χ0v) is 15.6. The van der Waals surface area contributed by atoms with Crippen molar-refractivity contribution in [3.8, 4) is 0 Å². The number of pyridine rings is 1. The first-order valence-electron chi connectivity index (χ1n) is 7.38. The SMILES string of the molecule is CC[C@@H](C)Nc1cc2cc(C(=O)[O-])ccc2c2cnccc12.[Na+]. The van der Waals surface area contributed by atoms with E-state index in [1.807, 2.05) is 24.4 Å². The number of aromatic carboxylic acids is 1. The summed E-state index contributed by atoms with van der Waals surface area (Å²) in [6.07, 6.45) is 4.59. The zero-order chi connectivity index (χ0) is 15.7. The number of carboxylic acid groups (broad SMARTS) is 1. The number of nitrogens with zero attached hydrogens (tertiary/aromatic N) is 1. The molecule has 1 atom stereocenters. The van der Waals surface area contributed by atoms with E-state index in [9.17, 15) is 9.90 Å². The van der Waals surface area contributed by atoms with Crippen LogP contribution in [-0.2, 0) is 0 Å². The van der Waals surface area contributed by atoms with E-state index in [0.717, 1.165) is 33.7 Å². The predicted octanol–water partition coefficient (Wildman–Crippen LogP) is -0.0341. The summed E-state index contributed by atoms with van der Waals surface area (Å²) in [7, 11) is 0. The molecule has 0 saturated carbocycles. The molecule has 3 aromatic rings. The van der Waals surface area contributed by atoms with Crippen LogP contribution in [-0.4, -0.2) is 17.0 Å². The van der Waals surface area contributed by atoms with Crippen LogP contribution in [0.25, 0.3) is 21.5 Å². The minimum absolute atomic E-state index is 0. The summed E-state index contributed by atoms with van der Waals surface area (Å²) in [5, 5.41) is 18.5. The number of rotatable bonds is 4. The van der Waals surface area contributed by atoms with Crippen molar-refractivity contribution in [2.45, 2.75) is 26.3 Å². The van der Waals surface area contributed by atoms with E-state index >= 15 is 0 Å². The van der Waals surface area contributed by atoms with Crippen LogP contribution in [0.1, 0.15) is 30.6 Å². The second kappa shape index (κ2) is 7.30. The summed E-state index contributed by atoms with van der Waals surface area (Å²) in [6, 6.07) is 9.35. The summed E-state index contributed by atoms with van der Waals surface area (Å²) in [5.74, 6) is -1.16. The van der Waals surface area contributed by atoms with Crippen LogP contribution >= 0.6 is 0 Å². The van der Waals surface area contributed by atoms with E-state index < -0.39 is 5.97 Å². The van der Waals surface area contributed by atoms with Crippen LogP contribution < -0.4 is 40.0 Å². The molecule has 1 N–H and O–H groups in total. The number of benzene rings is 2. The van der Waals surface area contributed by atoms with Crippen LogP contribution in [0, 0.1) is 0 Å². The molecule has 1 heterocycles. The van der Waals surface area contributed by atoms with E-state index in [4.69, 9.17) is 0 Å². The van der Waals surface area contributed by atoms with Crippen LogP contribution in [0.3, 0.4) is 0 Å². The van der Waals surface area contributed by atoms with Gasteiger partial charge in [0, 0.05) is 34.9 Å². The van der Waals surface area contributed by atoms with Gasteiger partial charge in [-0.3, -0.25) is 4.98 Å². The van der Waals surface area contributed by atoms with Gasteiger partial charge in [-0.05, 0) is 47.9 Å². The first-order chi connectivity index (χ1) is 10.6. The Hall–Kier alpha value is -1.62. The molecule has 0 unspecified atom stereocenters. The summed E-state index contributed by atoms with van der Waals surface area (Å²) in [6.45, 7) is 4.24. The topological polar surface area (TPSA) is 65.0 Å². The summed E-state index contributed by atoms with van der Waals surface area (Å²) < 4.78 is 0. The maximum absolute atomic E-state index is 11.1. The third kappa shape index (κ3) is 3.50. The first kappa shape index (κ1) is 17.7. The molecule has 0 bridgehead atoms. The molecule has 0 amide bonds. The Kier molecular flexibility index (Phi) is 5.63. The van der Waals surface area contributed by atoms with E-state index in [2.05, 4.69) is 24.1 Å². The molecule has 2 aromatic carbocycles. The molecular weight excluding hydrogens is 299 g/mol. The molecule has 5 heteroatoms. The monoisotopic (exact) mass is 316 g/mol. The Morgan fingerprint density at radius 2 is 2.00 bits per heavy atom. The average molecular weight is 316 g/mol. The number of fused-ring (bicyclic) bond motifs is 3. The first-order valence-corrected chi connectivity index (χ1v) is 7.38. The quantitative estimate of drug-likeness (QED) is 0.542. The Balaban J connectivity index is 0.00000192. The van der Waals surface area contributed by atoms with Crippen LogP contribution in [0.15, 0.2) is 42.7 Å². The van der Waals surface area contributed by atoms with Gasteiger partial charge in [-0.1, -0.05) is 19.1 Å². The maximum Gasteiger partial charge on any atom is 1.00 e. The average Bonchev–Trinajstić information content (AvgIpc) is 2.54. The van der Waals surface area contributed by atoms with Gasteiger partial charge in [0.05, 0.1) is 5.97 Å². The fraction of sp³-hybridized carbons (Fsp3) is 0.222. The fourth-order valence-electron chi connectivity index (χ4n) is 2.62. The summed E-state index contributed by atoms with van der Waals surface area (Å²) in [5.41, 5.74) is 1.18. The minimum Gasteiger partial charge on any atom is -0.545 e. The van der Waals surface area contributed by atoms with Crippen molar-refractivity contribution < 1.29 is 39.5 Å². The van der Waals surface area contributed by atoms with Crippen molar-refractivity contribution in [3.05, 3.63) is 48.3 Å². The molecule has 0 aliphatic carbocycles. The van der Waals surface area contributed by atoms with Gasteiger partial charge in [-0.2, -0.15) is 0 Å². The normalized spacial score (nSPS) is 11.9. The smallest absolute Gasteiger partial charge is 0.545 e. The third-order valence-electron chi connectivity index (χ3n) is 4.00. The molecule has 0 fully saturated rings. The molecule has 0 spiro atoms. The number of carbonyl (C=O) groups is 1. The molecule has 3 rings (SSSR count). The molecule has 0 aliphatic heterocycles. The second-order valence-electron chi connectivity index (χ2n) is 5.52. The van der Waals surface area contributed by atoms with Gasteiger partial charge >= 0.3 is 29.6 Å². The summed E-state index contributed by atoms with van der Waals surface area (Å²) >= 11 is 0. The van der Waals surface area contributed by atoms with Gasteiger partial charge in [0.25, 0.3) is 0 Å². The molecule has 0 aliphatic rings. The molecular formula is C18H17N2NaO2. The van der Waals surface area contributed by atoms with Gasteiger partial charge in [0.2, 0.25) is 0 Å². The largest absolute Gasteiger partial charge is 1.00 e. The number of hydrogen-bond acceptors (Lipinski definition) is 4. The molecule has 1 aromatic heterocycles. The number of aromatic nitrogens is 1. The molecule has 4 nitrogen and oxygen atoms in total. The molecule has 23 heavy (non-hydrogen) atoms. The van der Waals surface area contributed by atoms with Crippen molar-refractivity contribution in [1.29, 1.82) is 0 Å². The van der Waals surface area contributed by atoms with Crippen molar-refractivity contribution >= 4 is 33.2 Å². The van der Waals surface area contributed by atoms with Crippen molar-refractivity contribution in [1.82, 2.24) is 4.98 Å². The molecule has 112 valence electrons. The van der Waals surface area contributed by atoms with E-state index in [0.29, 0.717) is 6.04 Å². The van der Waals surface area contributed by atoms with Gasteiger partial charge in [0.1, 0.15) is 0 Å². The maximum atomic E-state index is 11.1. The van der Waals surface area contributed by atoms with Crippen molar-refractivity contribution in [2.24, 2.45) is 0 Å². The van der Waals surface area contributed by atoms with Crippen LogP contribution in [0.4, 0.5) is 5.69 Å². The number of nitrogens with one attached hydrogen (secondary N) is 1. The van der Waals surface area contributed by atoms with Crippen molar-refractivity contribution in [3.63, 3.8) is 0 Å². The Morgan fingerprint density at radius 3 is 2.70 bits per heavy atom. The van der Waals surface area contributed by atoms with Gasteiger partial charge in [-0.25, -0.2) is 0 Å². The number of carboxylic acids is 1. The van der Waals surface area contributed by atoms with Crippen molar-refractivity contribution in [2.75, 3.05) is 5.32 Å². The number of anilines is 1. The van der Waals surface area contributed by atoms with E-state index in [1.165, 1.54) is 0 Å². The second-order valence-corrected chi connectivity index (χ2v) is 5.52. The van der Waals surface area contributed by atoms with Crippen LogP contribution in [0.5, 0.6) is 0 Å². The minimum atomic E-state index is -1.16. The number of hydrogen-bond donors (Lipinski definition) is 1. The Morgan fingerprint density at radius 1 is 1.22 bits per heavy atom. The Labute approximate surface area is 157 Å². The fourth-order valence-corrected chi connectivity index (χ4v) is 2.62. The zero-order valence-electron chi connectivity index (χ0n) is 13.6.